The van der Waals surface area contributed by atoms with E-state index < -0.39 is 8.25 Å². The summed E-state index contributed by atoms with van der Waals surface area (Å²) < 4.78 is 22.7. The van der Waals surface area contributed by atoms with E-state index in [0.717, 1.165) is 11.1 Å². The lowest BCUT2D eigenvalue weighted by molar-refractivity contribution is 0.300. The van der Waals surface area contributed by atoms with Gasteiger partial charge in [-0.2, -0.15) is 0 Å². The van der Waals surface area contributed by atoms with Crippen LogP contribution >= 0.6 is 8.25 Å². The molecule has 2 N–H and O–H groups in total. The summed E-state index contributed by atoms with van der Waals surface area (Å²) in [6, 6.07) is 4.18. The summed E-state index contributed by atoms with van der Waals surface area (Å²) in [7, 11) is -2.56. The van der Waals surface area contributed by atoms with Gasteiger partial charge in [0, 0.05) is 17.7 Å². The first kappa shape index (κ1) is 19.2. The van der Waals surface area contributed by atoms with Gasteiger partial charge < -0.3 is 14.8 Å². The monoisotopic (exact) mass is 327 g/mol. The van der Waals surface area contributed by atoms with Gasteiger partial charge in [0.05, 0.1) is 6.61 Å². The van der Waals surface area contributed by atoms with Crippen molar-refractivity contribution in [2.45, 2.75) is 65.8 Å². The fourth-order valence-corrected chi connectivity index (χ4v) is 2.88. The third-order valence-electron chi connectivity index (χ3n) is 3.51. The van der Waals surface area contributed by atoms with Crippen LogP contribution < -0.4 is 10.3 Å². The minimum Gasteiger partial charge on any atom is -0.426 e. The van der Waals surface area contributed by atoms with Crippen molar-refractivity contribution < 1.29 is 13.6 Å². The van der Waals surface area contributed by atoms with E-state index in [-0.39, 0.29) is 10.8 Å². The smallest absolute Gasteiger partial charge is 0.367 e. The molecule has 1 atom stereocenters. The zero-order chi connectivity index (χ0) is 17.1. The maximum absolute atomic E-state index is 11.9. The molecule has 0 aliphatic heterocycles. The SMILES string of the molecule is CCO[PH](=O)Oc1c(CN)cc(C(C)(C)C)cc1C(C)(C)C. The molecule has 0 spiro atoms. The van der Waals surface area contributed by atoms with Crippen LogP contribution in [0.25, 0.3) is 0 Å². The number of nitrogens with two attached hydrogens (primary N) is 1. The summed E-state index contributed by atoms with van der Waals surface area (Å²) in [6.07, 6.45) is 0. The molecule has 0 heterocycles. The quantitative estimate of drug-likeness (QED) is 0.806. The molecule has 1 aromatic carbocycles. The molecule has 0 aromatic heterocycles. The van der Waals surface area contributed by atoms with E-state index in [1.807, 2.05) is 6.07 Å². The average Bonchev–Trinajstić information content (AvgIpc) is 2.36. The van der Waals surface area contributed by atoms with Crippen LogP contribution in [0.4, 0.5) is 0 Å². The Morgan fingerprint density at radius 1 is 1.09 bits per heavy atom. The Bertz CT molecular complexity index is 542. The summed E-state index contributed by atoms with van der Waals surface area (Å²) in [4.78, 5) is 0. The van der Waals surface area contributed by atoms with E-state index in [4.69, 9.17) is 14.8 Å². The van der Waals surface area contributed by atoms with E-state index in [1.54, 1.807) is 6.92 Å². The summed E-state index contributed by atoms with van der Waals surface area (Å²) in [5.74, 6) is 0.611. The largest absolute Gasteiger partial charge is 0.426 e. The maximum atomic E-state index is 11.9. The van der Waals surface area contributed by atoms with Gasteiger partial charge in [-0.1, -0.05) is 53.7 Å². The molecule has 0 bridgehead atoms. The lowest BCUT2D eigenvalue weighted by Gasteiger charge is -2.29. The number of hydrogen-bond acceptors (Lipinski definition) is 4. The normalized spacial score (nSPS) is 14.0. The molecule has 1 unspecified atom stereocenters. The zero-order valence-electron chi connectivity index (χ0n) is 14.9. The Morgan fingerprint density at radius 3 is 2.09 bits per heavy atom. The van der Waals surface area contributed by atoms with Crippen molar-refractivity contribution in [1.82, 2.24) is 0 Å². The summed E-state index contributed by atoms with van der Waals surface area (Å²) in [5, 5.41) is 0. The number of benzene rings is 1. The van der Waals surface area contributed by atoms with Crippen LogP contribution in [0.5, 0.6) is 5.75 Å². The van der Waals surface area contributed by atoms with Gasteiger partial charge >= 0.3 is 8.25 Å². The third-order valence-corrected chi connectivity index (χ3v) is 4.40. The van der Waals surface area contributed by atoms with Crippen LogP contribution in [0.15, 0.2) is 12.1 Å². The van der Waals surface area contributed by atoms with Crippen molar-refractivity contribution in [3.8, 4) is 5.75 Å². The summed E-state index contributed by atoms with van der Waals surface area (Å²) >= 11 is 0. The molecule has 0 saturated heterocycles. The van der Waals surface area contributed by atoms with Crippen molar-refractivity contribution in [1.29, 1.82) is 0 Å². The van der Waals surface area contributed by atoms with Crippen LogP contribution in [0, 0.1) is 0 Å². The standard InChI is InChI=1S/C17H30NO3P/c1-8-20-22(19)21-15-12(11-18)9-13(16(2,3)4)10-14(15)17(5,6)7/h9-10,22H,8,11,18H2,1-7H3. The van der Waals surface area contributed by atoms with Gasteiger partial charge in [-0.25, -0.2) is 4.57 Å². The molecule has 0 saturated carbocycles. The lowest BCUT2D eigenvalue weighted by atomic mass is 9.79. The second kappa shape index (κ2) is 7.16. The Morgan fingerprint density at radius 2 is 1.68 bits per heavy atom. The van der Waals surface area contributed by atoms with Crippen molar-refractivity contribution in [3.63, 3.8) is 0 Å². The first-order valence-electron chi connectivity index (χ1n) is 7.73. The molecule has 0 amide bonds. The fourth-order valence-electron chi connectivity index (χ4n) is 2.18. The van der Waals surface area contributed by atoms with Crippen LogP contribution in [0.2, 0.25) is 0 Å². The highest BCUT2D eigenvalue weighted by Crippen LogP contribution is 2.42. The van der Waals surface area contributed by atoms with Gasteiger partial charge in [0.25, 0.3) is 0 Å². The Hall–Kier alpha value is -0.830. The van der Waals surface area contributed by atoms with E-state index in [9.17, 15) is 4.57 Å². The highest BCUT2D eigenvalue weighted by molar-refractivity contribution is 7.33. The topological polar surface area (TPSA) is 61.5 Å². The second-order valence-corrected chi connectivity index (χ2v) is 8.49. The molecule has 5 heteroatoms. The van der Waals surface area contributed by atoms with Gasteiger partial charge in [-0.15, -0.1) is 0 Å². The molecule has 126 valence electrons. The highest BCUT2D eigenvalue weighted by atomic mass is 31.1. The van der Waals surface area contributed by atoms with Crippen LogP contribution in [0.3, 0.4) is 0 Å². The Kier molecular flexibility index (Phi) is 6.26. The predicted octanol–water partition coefficient (Wildman–Crippen LogP) is 4.55. The van der Waals surface area contributed by atoms with E-state index in [1.165, 1.54) is 5.56 Å². The van der Waals surface area contributed by atoms with E-state index in [2.05, 4.69) is 47.6 Å². The lowest BCUT2D eigenvalue weighted by Crippen LogP contribution is -2.19. The molecule has 1 aromatic rings. The summed E-state index contributed by atoms with van der Waals surface area (Å²) in [6.45, 7) is 15.3. The molecular formula is C17H30NO3P. The molecule has 0 fully saturated rings. The van der Waals surface area contributed by atoms with Crippen LogP contribution in [-0.4, -0.2) is 6.61 Å². The van der Waals surface area contributed by atoms with Crippen molar-refractivity contribution >= 4 is 8.25 Å². The highest BCUT2D eigenvalue weighted by Gasteiger charge is 2.26. The van der Waals surface area contributed by atoms with Crippen molar-refractivity contribution in [2.75, 3.05) is 6.61 Å². The first-order chi connectivity index (χ1) is 10.0. The minimum absolute atomic E-state index is 0.00756. The maximum Gasteiger partial charge on any atom is 0.367 e. The molecule has 22 heavy (non-hydrogen) atoms. The average molecular weight is 327 g/mol. The van der Waals surface area contributed by atoms with Crippen molar-refractivity contribution in [3.05, 3.63) is 28.8 Å². The first-order valence-corrected chi connectivity index (χ1v) is 8.95. The minimum atomic E-state index is -2.56. The van der Waals surface area contributed by atoms with Crippen LogP contribution in [-0.2, 0) is 26.5 Å². The van der Waals surface area contributed by atoms with Gasteiger partial charge in [0.15, 0.2) is 0 Å². The molecule has 0 aliphatic rings. The molecule has 1 rings (SSSR count). The van der Waals surface area contributed by atoms with Gasteiger partial charge in [-0.05, 0) is 23.3 Å². The molecule has 0 radical (unpaired) electrons. The molecule has 0 aliphatic carbocycles. The van der Waals surface area contributed by atoms with Gasteiger partial charge in [-0.3, -0.25) is 0 Å². The van der Waals surface area contributed by atoms with Crippen LogP contribution in [0.1, 0.15) is 65.2 Å². The summed E-state index contributed by atoms with van der Waals surface area (Å²) in [5.41, 5.74) is 8.86. The van der Waals surface area contributed by atoms with Crippen molar-refractivity contribution in [2.24, 2.45) is 5.73 Å². The van der Waals surface area contributed by atoms with E-state index >= 15 is 0 Å². The Labute approximate surface area is 135 Å². The zero-order valence-corrected chi connectivity index (χ0v) is 15.9. The molecule has 4 nitrogen and oxygen atoms in total. The Balaban J connectivity index is 3.49. The number of rotatable bonds is 5. The fraction of sp³-hybridized carbons (Fsp3) is 0.647. The predicted molar refractivity (Wildman–Crippen MR) is 93.0 cm³/mol. The second-order valence-electron chi connectivity index (χ2n) is 7.50. The van der Waals surface area contributed by atoms with E-state index in [0.29, 0.717) is 18.9 Å². The van der Waals surface area contributed by atoms with Gasteiger partial charge in [0.1, 0.15) is 5.75 Å². The number of hydrogen-bond donors (Lipinski definition) is 1. The third kappa shape index (κ3) is 4.84. The van der Waals surface area contributed by atoms with Gasteiger partial charge in [0.2, 0.25) is 0 Å². The molecular weight excluding hydrogens is 297 g/mol.